The third-order valence-electron chi connectivity index (χ3n) is 4.96. The first-order valence-electron chi connectivity index (χ1n) is 7.89. The lowest BCUT2D eigenvalue weighted by Gasteiger charge is -2.39. The van der Waals surface area contributed by atoms with Gasteiger partial charge in [0.25, 0.3) is 0 Å². The minimum Gasteiger partial charge on any atom is -0.481 e. The molecule has 2 aliphatic heterocycles. The number of carbonyl (C=O) groups excluding carboxylic acids is 1. The van der Waals surface area contributed by atoms with Crippen molar-refractivity contribution in [3.05, 3.63) is 35.6 Å². The Labute approximate surface area is 134 Å². The Bertz CT molecular complexity index is 612. The Hall–Kier alpha value is -1.95. The fraction of sp³-hybridized carbons (Fsp3) is 0.529. The van der Waals surface area contributed by atoms with Crippen LogP contribution in [0.5, 0.6) is 0 Å². The largest absolute Gasteiger partial charge is 0.481 e. The summed E-state index contributed by atoms with van der Waals surface area (Å²) in [6, 6.07) is 6.15. The Morgan fingerprint density at radius 3 is 2.65 bits per heavy atom. The predicted octanol–water partition coefficient (Wildman–Crippen LogP) is 1.81. The van der Waals surface area contributed by atoms with Crippen molar-refractivity contribution < 1.29 is 23.8 Å². The van der Waals surface area contributed by atoms with Crippen LogP contribution in [0.15, 0.2) is 24.3 Å². The average molecular weight is 321 g/mol. The standard InChI is InChI=1S/C17H20FNO4/c18-14-3-1-2-13(10-14)17(5-8-23-9-6-17)16(22)19-7-4-12(11-19)15(20)21/h1-3,10,12H,4-9,11H2,(H,20,21). The maximum atomic E-state index is 13.7. The second-order valence-electron chi connectivity index (χ2n) is 6.28. The smallest absolute Gasteiger partial charge is 0.308 e. The van der Waals surface area contributed by atoms with Gasteiger partial charge in [-0.3, -0.25) is 9.59 Å². The van der Waals surface area contributed by atoms with E-state index < -0.39 is 17.3 Å². The summed E-state index contributed by atoms with van der Waals surface area (Å²) < 4.78 is 19.1. The Balaban J connectivity index is 1.90. The molecule has 1 aromatic carbocycles. The van der Waals surface area contributed by atoms with Crippen LogP contribution in [0.3, 0.4) is 0 Å². The van der Waals surface area contributed by atoms with Gasteiger partial charge in [0.05, 0.1) is 11.3 Å². The zero-order valence-electron chi connectivity index (χ0n) is 12.8. The van der Waals surface area contributed by atoms with Gasteiger partial charge in [0.1, 0.15) is 5.82 Å². The number of hydrogen-bond donors (Lipinski definition) is 1. The number of nitrogens with zero attached hydrogens (tertiary/aromatic N) is 1. The van der Waals surface area contributed by atoms with Gasteiger partial charge < -0.3 is 14.7 Å². The molecule has 1 amide bonds. The van der Waals surface area contributed by atoms with Crippen LogP contribution in [0.2, 0.25) is 0 Å². The van der Waals surface area contributed by atoms with E-state index in [1.165, 1.54) is 12.1 Å². The van der Waals surface area contributed by atoms with E-state index in [-0.39, 0.29) is 18.3 Å². The first-order valence-corrected chi connectivity index (χ1v) is 7.89. The maximum Gasteiger partial charge on any atom is 0.308 e. The van der Waals surface area contributed by atoms with Crippen molar-refractivity contribution in [1.29, 1.82) is 0 Å². The van der Waals surface area contributed by atoms with Gasteiger partial charge in [0, 0.05) is 26.3 Å². The van der Waals surface area contributed by atoms with E-state index in [0.717, 1.165) is 0 Å². The number of carboxylic acids is 1. The molecule has 2 aliphatic rings. The number of likely N-dealkylation sites (tertiary alicyclic amines) is 1. The number of halogens is 1. The molecule has 2 fully saturated rings. The van der Waals surface area contributed by atoms with E-state index in [0.29, 0.717) is 44.6 Å². The minimum atomic E-state index is -0.868. The Morgan fingerprint density at radius 1 is 1.30 bits per heavy atom. The number of amides is 1. The molecule has 0 aliphatic carbocycles. The summed E-state index contributed by atoms with van der Waals surface area (Å²) in [5, 5.41) is 9.13. The third-order valence-corrected chi connectivity index (χ3v) is 4.96. The van der Waals surface area contributed by atoms with Crippen molar-refractivity contribution >= 4 is 11.9 Å². The number of carbonyl (C=O) groups is 2. The van der Waals surface area contributed by atoms with E-state index in [1.807, 2.05) is 0 Å². The van der Waals surface area contributed by atoms with Gasteiger partial charge in [-0.05, 0) is 37.0 Å². The van der Waals surface area contributed by atoms with Crippen molar-refractivity contribution in [2.75, 3.05) is 26.3 Å². The highest BCUT2D eigenvalue weighted by atomic mass is 19.1. The summed E-state index contributed by atoms with van der Waals surface area (Å²) in [4.78, 5) is 25.9. The topological polar surface area (TPSA) is 66.8 Å². The van der Waals surface area contributed by atoms with Crippen LogP contribution >= 0.6 is 0 Å². The predicted molar refractivity (Wildman–Crippen MR) is 80.5 cm³/mol. The van der Waals surface area contributed by atoms with Crippen LogP contribution in [-0.2, 0) is 19.7 Å². The number of ether oxygens (including phenoxy) is 1. The highest BCUT2D eigenvalue weighted by Crippen LogP contribution is 2.38. The van der Waals surface area contributed by atoms with E-state index >= 15 is 0 Å². The molecule has 124 valence electrons. The molecule has 0 radical (unpaired) electrons. The fourth-order valence-electron chi connectivity index (χ4n) is 3.58. The zero-order valence-corrected chi connectivity index (χ0v) is 12.8. The molecule has 0 aromatic heterocycles. The quantitative estimate of drug-likeness (QED) is 0.922. The van der Waals surface area contributed by atoms with Gasteiger partial charge >= 0.3 is 5.97 Å². The van der Waals surface area contributed by atoms with Crippen LogP contribution < -0.4 is 0 Å². The van der Waals surface area contributed by atoms with Gasteiger partial charge in [0.15, 0.2) is 0 Å². The van der Waals surface area contributed by atoms with Crippen molar-refractivity contribution in [3.8, 4) is 0 Å². The molecule has 5 nitrogen and oxygen atoms in total. The number of aliphatic carboxylic acids is 1. The highest BCUT2D eigenvalue weighted by Gasteiger charge is 2.46. The van der Waals surface area contributed by atoms with Crippen LogP contribution in [0.4, 0.5) is 4.39 Å². The first kappa shape index (κ1) is 15.9. The minimum absolute atomic E-state index is 0.102. The summed E-state index contributed by atoms with van der Waals surface area (Å²) in [6.45, 7) is 1.55. The van der Waals surface area contributed by atoms with Crippen molar-refractivity contribution in [3.63, 3.8) is 0 Å². The number of hydrogen-bond acceptors (Lipinski definition) is 3. The van der Waals surface area contributed by atoms with E-state index in [2.05, 4.69) is 0 Å². The van der Waals surface area contributed by atoms with Crippen molar-refractivity contribution in [2.24, 2.45) is 5.92 Å². The maximum absolute atomic E-state index is 13.7. The molecule has 2 heterocycles. The van der Waals surface area contributed by atoms with E-state index in [9.17, 15) is 14.0 Å². The Morgan fingerprint density at radius 2 is 2.04 bits per heavy atom. The summed E-state index contributed by atoms with van der Waals surface area (Å²) >= 11 is 0. The molecule has 23 heavy (non-hydrogen) atoms. The van der Waals surface area contributed by atoms with Gasteiger partial charge in [-0.2, -0.15) is 0 Å². The molecule has 0 spiro atoms. The summed E-state index contributed by atoms with van der Waals surface area (Å²) in [7, 11) is 0. The summed E-state index contributed by atoms with van der Waals surface area (Å²) in [6.07, 6.45) is 1.45. The van der Waals surface area contributed by atoms with Gasteiger partial charge in [-0.1, -0.05) is 12.1 Å². The van der Waals surface area contributed by atoms with Gasteiger partial charge in [-0.25, -0.2) is 4.39 Å². The third kappa shape index (κ3) is 2.95. The summed E-state index contributed by atoms with van der Waals surface area (Å²) in [5.74, 6) is -1.85. The zero-order chi connectivity index (χ0) is 16.4. The molecule has 6 heteroatoms. The molecular weight excluding hydrogens is 301 g/mol. The average Bonchev–Trinajstić information content (AvgIpc) is 3.05. The number of rotatable bonds is 3. The monoisotopic (exact) mass is 321 g/mol. The van der Waals surface area contributed by atoms with Crippen molar-refractivity contribution in [1.82, 2.24) is 4.90 Å². The molecular formula is C17H20FNO4. The molecule has 1 atom stereocenters. The molecule has 1 aromatic rings. The second-order valence-corrected chi connectivity index (χ2v) is 6.28. The molecule has 1 unspecified atom stereocenters. The highest BCUT2D eigenvalue weighted by molar-refractivity contribution is 5.89. The molecule has 3 rings (SSSR count). The lowest BCUT2D eigenvalue weighted by molar-refractivity contribution is -0.143. The van der Waals surface area contributed by atoms with Crippen LogP contribution in [0.1, 0.15) is 24.8 Å². The lowest BCUT2D eigenvalue weighted by Crippen LogP contribution is -2.49. The van der Waals surface area contributed by atoms with Crippen molar-refractivity contribution in [2.45, 2.75) is 24.7 Å². The lowest BCUT2D eigenvalue weighted by atomic mass is 9.73. The molecule has 0 saturated carbocycles. The van der Waals surface area contributed by atoms with Crippen LogP contribution in [-0.4, -0.2) is 48.2 Å². The van der Waals surface area contributed by atoms with Crippen LogP contribution in [0.25, 0.3) is 0 Å². The van der Waals surface area contributed by atoms with Crippen LogP contribution in [0, 0.1) is 11.7 Å². The molecule has 0 bridgehead atoms. The van der Waals surface area contributed by atoms with E-state index in [1.54, 1.807) is 17.0 Å². The Kier molecular flexibility index (Phi) is 4.35. The fourth-order valence-corrected chi connectivity index (χ4v) is 3.58. The SMILES string of the molecule is O=C(O)C1CCN(C(=O)C2(c3cccc(F)c3)CCOCC2)C1. The number of benzene rings is 1. The first-order chi connectivity index (χ1) is 11.0. The van der Waals surface area contributed by atoms with Gasteiger partial charge in [-0.15, -0.1) is 0 Å². The normalized spacial score (nSPS) is 23.7. The van der Waals surface area contributed by atoms with E-state index in [4.69, 9.17) is 9.84 Å². The summed E-state index contributed by atoms with van der Waals surface area (Å²) in [5.41, 5.74) is -0.155. The molecule has 2 saturated heterocycles. The van der Waals surface area contributed by atoms with Gasteiger partial charge in [0.2, 0.25) is 5.91 Å². The second kappa shape index (κ2) is 6.28. The number of carboxylic acid groups (broad SMARTS) is 1. The molecule has 1 N–H and O–H groups in total.